The summed E-state index contributed by atoms with van der Waals surface area (Å²) in [5.41, 5.74) is 0. The van der Waals surface area contributed by atoms with Gasteiger partial charge in [-0.2, -0.15) is 0 Å². The third kappa shape index (κ3) is 2.43. The van der Waals surface area contributed by atoms with Gasteiger partial charge in [0, 0.05) is 0 Å². The Hall–Kier alpha value is -1.22. The van der Waals surface area contributed by atoms with Crippen LogP contribution in [0.4, 0.5) is 0 Å². The van der Waals surface area contributed by atoms with Crippen LogP contribution in [0.25, 0.3) is 0 Å². The van der Waals surface area contributed by atoms with Crippen LogP contribution in [0, 0.1) is 0 Å². The fourth-order valence-electron chi connectivity index (χ4n) is 0.851. The molecule has 0 bridgehead atoms. The van der Waals surface area contributed by atoms with Crippen molar-refractivity contribution >= 4 is 0 Å². The van der Waals surface area contributed by atoms with Crippen LogP contribution in [0.1, 0.15) is 13.8 Å². The van der Waals surface area contributed by atoms with Gasteiger partial charge < -0.3 is 9.62 Å². The Morgan fingerprint density at radius 1 is 1.08 bits per heavy atom. The van der Waals surface area contributed by atoms with Gasteiger partial charge in [-0.3, -0.25) is 0 Å². The van der Waals surface area contributed by atoms with Crippen LogP contribution in [-0.4, -0.2) is 11.4 Å². The van der Waals surface area contributed by atoms with Gasteiger partial charge in [-0.15, -0.1) is 0 Å². The molecular formula is C9H12O3. The van der Waals surface area contributed by atoms with E-state index in [2.05, 4.69) is 4.89 Å². The summed E-state index contributed by atoms with van der Waals surface area (Å²) < 4.78 is 5.38. The molecule has 0 saturated carbocycles. The molecule has 1 rings (SSSR count). The second kappa shape index (κ2) is 3.97. The molecule has 1 aromatic rings. The molecule has 0 atom stereocenters. The van der Waals surface area contributed by atoms with Crippen molar-refractivity contribution in [3.63, 3.8) is 0 Å². The Labute approximate surface area is 71.5 Å². The molecule has 0 amide bonds. The zero-order chi connectivity index (χ0) is 8.97. The normalized spacial score (nSPS) is 10.0. The first-order chi connectivity index (χ1) is 5.72. The van der Waals surface area contributed by atoms with Crippen molar-refractivity contribution < 1.29 is 14.9 Å². The minimum Gasteiger partial charge on any atom is -0.491 e. The summed E-state index contributed by atoms with van der Waals surface area (Å²) >= 11 is 0. The molecule has 3 nitrogen and oxygen atoms in total. The van der Waals surface area contributed by atoms with Crippen molar-refractivity contribution in [1.29, 1.82) is 0 Å². The molecule has 0 aliphatic rings. The van der Waals surface area contributed by atoms with Gasteiger partial charge in [0.1, 0.15) is 5.75 Å². The first-order valence-electron chi connectivity index (χ1n) is 3.80. The highest BCUT2D eigenvalue weighted by Gasteiger charge is 1.97. The molecule has 12 heavy (non-hydrogen) atoms. The molecule has 1 N–H and O–H groups in total. The third-order valence-electron chi connectivity index (χ3n) is 1.30. The van der Waals surface area contributed by atoms with Crippen molar-refractivity contribution in [2.45, 2.75) is 20.0 Å². The van der Waals surface area contributed by atoms with E-state index in [0.29, 0.717) is 5.75 Å². The topological polar surface area (TPSA) is 38.7 Å². The Bertz CT molecular complexity index is 228. The van der Waals surface area contributed by atoms with Crippen LogP contribution >= 0.6 is 0 Å². The van der Waals surface area contributed by atoms with Crippen molar-refractivity contribution in [3.05, 3.63) is 24.3 Å². The predicted octanol–water partition coefficient (Wildman–Crippen LogP) is 2.33. The van der Waals surface area contributed by atoms with Gasteiger partial charge in [0.2, 0.25) is 0 Å². The lowest BCUT2D eigenvalue weighted by molar-refractivity contribution is -0.137. The molecule has 1 aromatic carbocycles. The van der Waals surface area contributed by atoms with Gasteiger partial charge in [0.25, 0.3) is 0 Å². The molecule has 0 fully saturated rings. The van der Waals surface area contributed by atoms with E-state index in [1.54, 1.807) is 24.3 Å². The number of ether oxygens (including phenoxy) is 1. The standard InChI is InChI=1S/C9H12O3/c1-7(2)11-8-3-5-9(12-10)6-4-8/h3-7,10H,1-2H3. The molecule has 0 aliphatic heterocycles. The van der Waals surface area contributed by atoms with E-state index in [9.17, 15) is 0 Å². The highest BCUT2D eigenvalue weighted by atomic mass is 17.1. The molecule has 66 valence electrons. The molecule has 0 saturated heterocycles. The molecular weight excluding hydrogens is 156 g/mol. The van der Waals surface area contributed by atoms with Crippen molar-refractivity contribution in [2.24, 2.45) is 0 Å². The van der Waals surface area contributed by atoms with Gasteiger partial charge in [0.05, 0.1) is 6.10 Å². The monoisotopic (exact) mass is 168 g/mol. The summed E-state index contributed by atoms with van der Waals surface area (Å²) in [5.74, 6) is 1.18. The highest BCUT2D eigenvalue weighted by molar-refractivity contribution is 5.30. The Morgan fingerprint density at radius 2 is 1.58 bits per heavy atom. The SMILES string of the molecule is CC(C)Oc1ccc(OO)cc1. The van der Waals surface area contributed by atoms with Gasteiger partial charge in [-0.25, -0.2) is 5.26 Å². The van der Waals surface area contributed by atoms with Crippen molar-refractivity contribution in [1.82, 2.24) is 0 Å². The summed E-state index contributed by atoms with van der Waals surface area (Å²) in [7, 11) is 0. The van der Waals surface area contributed by atoms with Crippen LogP contribution in [0.3, 0.4) is 0 Å². The maximum atomic E-state index is 8.27. The Kier molecular flexibility index (Phi) is 2.94. The summed E-state index contributed by atoms with van der Waals surface area (Å²) in [6, 6.07) is 6.76. The molecule has 0 radical (unpaired) electrons. The van der Waals surface area contributed by atoms with E-state index in [1.807, 2.05) is 13.8 Å². The predicted molar refractivity (Wildman–Crippen MR) is 45.5 cm³/mol. The number of hydrogen-bond donors (Lipinski definition) is 1. The van der Waals surface area contributed by atoms with Crippen LogP contribution in [-0.2, 0) is 0 Å². The molecule has 3 heteroatoms. The van der Waals surface area contributed by atoms with E-state index in [0.717, 1.165) is 5.75 Å². The minimum atomic E-state index is 0.158. The summed E-state index contributed by atoms with van der Waals surface area (Å²) in [5, 5.41) is 8.27. The summed E-state index contributed by atoms with van der Waals surface area (Å²) in [4.78, 5) is 4.02. The average molecular weight is 168 g/mol. The lowest BCUT2D eigenvalue weighted by Gasteiger charge is -2.08. The summed E-state index contributed by atoms with van der Waals surface area (Å²) in [6.07, 6.45) is 0.158. The van der Waals surface area contributed by atoms with Crippen LogP contribution in [0.2, 0.25) is 0 Å². The Morgan fingerprint density at radius 3 is 2.00 bits per heavy atom. The van der Waals surface area contributed by atoms with Crippen molar-refractivity contribution in [3.8, 4) is 11.5 Å². The van der Waals surface area contributed by atoms with Crippen LogP contribution in [0.15, 0.2) is 24.3 Å². The molecule has 0 aromatic heterocycles. The van der Waals surface area contributed by atoms with Gasteiger partial charge >= 0.3 is 0 Å². The molecule has 0 aliphatic carbocycles. The molecule has 0 heterocycles. The second-order valence-electron chi connectivity index (χ2n) is 2.73. The Balaban J connectivity index is 2.65. The van der Waals surface area contributed by atoms with Gasteiger partial charge in [-0.05, 0) is 38.1 Å². The lowest BCUT2D eigenvalue weighted by atomic mass is 10.3. The number of rotatable bonds is 3. The first kappa shape index (κ1) is 8.87. The second-order valence-corrected chi connectivity index (χ2v) is 2.73. The minimum absolute atomic E-state index is 0.158. The number of hydrogen-bond acceptors (Lipinski definition) is 3. The van der Waals surface area contributed by atoms with Crippen molar-refractivity contribution in [2.75, 3.05) is 0 Å². The number of benzene rings is 1. The van der Waals surface area contributed by atoms with E-state index in [-0.39, 0.29) is 6.10 Å². The highest BCUT2D eigenvalue weighted by Crippen LogP contribution is 2.17. The van der Waals surface area contributed by atoms with Crippen LogP contribution in [0.5, 0.6) is 11.5 Å². The van der Waals surface area contributed by atoms with E-state index >= 15 is 0 Å². The average Bonchev–Trinajstić information content (AvgIpc) is 2.05. The van der Waals surface area contributed by atoms with Crippen LogP contribution < -0.4 is 9.62 Å². The maximum Gasteiger partial charge on any atom is 0.165 e. The maximum absolute atomic E-state index is 8.27. The zero-order valence-electron chi connectivity index (χ0n) is 7.15. The van der Waals surface area contributed by atoms with E-state index in [4.69, 9.17) is 9.99 Å². The fourth-order valence-corrected chi connectivity index (χ4v) is 0.851. The zero-order valence-corrected chi connectivity index (χ0v) is 7.15. The first-order valence-corrected chi connectivity index (χ1v) is 3.80. The smallest absolute Gasteiger partial charge is 0.165 e. The quantitative estimate of drug-likeness (QED) is 0.556. The molecule has 0 unspecified atom stereocenters. The van der Waals surface area contributed by atoms with Gasteiger partial charge in [0.15, 0.2) is 5.75 Å². The molecule has 0 spiro atoms. The van der Waals surface area contributed by atoms with E-state index < -0.39 is 0 Å². The largest absolute Gasteiger partial charge is 0.491 e. The van der Waals surface area contributed by atoms with E-state index in [1.165, 1.54) is 0 Å². The third-order valence-corrected chi connectivity index (χ3v) is 1.30. The van der Waals surface area contributed by atoms with Gasteiger partial charge in [-0.1, -0.05) is 0 Å². The summed E-state index contributed by atoms with van der Waals surface area (Å²) in [6.45, 7) is 3.91. The lowest BCUT2D eigenvalue weighted by Crippen LogP contribution is -2.05. The fraction of sp³-hybridized carbons (Fsp3) is 0.333.